The Morgan fingerprint density at radius 1 is 1.16 bits per heavy atom. The normalized spacial score (nSPS) is 24.1. The Morgan fingerprint density at radius 2 is 1.88 bits per heavy atom. The van der Waals surface area contributed by atoms with Crippen molar-refractivity contribution in [1.29, 1.82) is 0 Å². The van der Waals surface area contributed by atoms with Gasteiger partial charge in [-0.2, -0.15) is 0 Å². The van der Waals surface area contributed by atoms with Crippen molar-refractivity contribution < 1.29 is 4.79 Å². The number of likely N-dealkylation sites (N-methyl/N-ethyl adjacent to an activating group) is 1. The highest BCUT2D eigenvalue weighted by molar-refractivity contribution is 5.74. The number of piperazine rings is 1. The number of carbonyl (C=O) groups is 1. The van der Waals surface area contributed by atoms with E-state index in [1.54, 1.807) is 0 Å². The highest BCUT2D eigenvalue weighted by Crippen LogP contribution is 2.19. The van der Waals surface area contributed by atoms with Gasteiger partial charge in [0.2, 0.25) is 0 Å². The van der Waals surface area contributed by atoms with E-state index in [9.17, 15) is 4.79 Å². The molecule has 0 bridgehead atoms. The molecule has 2 aliphatic rings. The first-order chi connectivity index (χ1) is 12.1. The van der Waals surface area contributed by atoms with Gasteiger partial charge in [0.15, 0.2) is 0 Å². The van der Waals surface area contributed by atoms with E-state index in [1.165, 1.54) is 12.0 Å². The number of piperidine rings is 1. The van der Waals surface area contributed by atoms with Gasteiger partial charge in [0, 0.05) is 45.8 Å². The number of amides is 2. The van der Waals surface area contributed by atoms with Crippen LogP contribution in [0.2, 0.25) is 0 Å². The minimum absolute atomic E-state index is 0.0503. The number of benzene rings is 1. The molecule has 2 saturated heterocycles. The van der Waals surface area contributed by atoms with Crippen LogP contribution >= 0.6 is 0 Å². The molecule has 1 aromatic carbocycles. The summed E-state index contributed by atoms with van der Waals surface area (Å²) < 4.78 is 0. The fraction of sp³-hybridized carbons (Fsp3) is 0.650. The lowest BCUT2D eigenvalue weighted by atomic mass is 10.0. The monoisotopic (exact) mass is 344 g/mol. The average Bonchev–Trinajstić information content (AvgIpc) is 2.63. The van der Waals surface area contributed by atoms with Crippen molar-refractivity contribution in [2.45, 2.75) is 25.8 Å². The second kappa shape index (κ2) is 8.68. The Kier molecular flexibility index (Phi) is 6.32. The fourth-order valence-corrected chi connectivity index (χ4v) is 3.82. The molecule has 1 aromatic rings. The van der Waals surface area contributed by atoms with Gasteiger partial charge in [-0.15, -0.1) is 0 Å². The van der Waals surface area contributed by atoms with Gasteiger partial charge in [-0.1, -0.05) is 37.3 Å². The van der Waals surface area contributed by atoms with Crippen molar-refractivity contribution in [3.63, 3.8) is 0 Å². The predicted octanol–water partition coefficient (Wildman–Crippen LogP) is 2.42. The zero-order valence-corrected chi connectivity index (χ0v) is 15.7. The summed E-state index contributed by atoms with van der Waals surface area (Å²) in [5.41, 5.74) is 1.19. The van der Waals surface area contributed by atoms with Crippen molar-refractivity contribution in [3.8, 4) is 0 Å². The summed E-state index contributed by atoms with van der Waals surface area (Å²) in [7, 11) is 2.17. The van der Waals surface area contributed by atoms with E-state index in [1.807, 2.05) is 11.0 Å². The Bertz CT molecular complexity index is 542. The van der Waals surface area contributed by atoms with Crippen LogP contribution in [0.5, 0.6) is 0 Å². The van der Waals surface area contributed by atoms with Crippen LogP contribution < -0.4 is 5.32 Å². The molecule has 25 heavy (non-hydrogen) atoms. The summed E-state index contributed by atoms with van der Waals surface area (Å²) in [6.45, 7) is 9.20. The summed E-state index contributed by atoms with van der Waals surface area (Å²) in [5, 5.41) is 3.31. The molecule has 2 aliphatic heterocycles. The zero-order valence-electron chi connectivity index (χ0n) is 15.7. The molecule has 0 unspecified atom stereocenters. The lowest BCUT2D eigenvalue weighted by molar-refractivity contribution is 0.135. The fourth-order valence-electron chi connectivity index (χ4n) is 3.82. The maximum absolute atomic E-state index is 12.8. The molecule has 0 aliphatic carbocycles. The number of nitrogens with zero attached hydrogens (tertiary/aromatic N) is 3. The minimum atomic E-state index is 0.0503. The standard InChI is InChI=1S/C20H32N4O/c1-17-7-6-10-24(15-17)20(25)21-19(18-8-4-3-5-9-18)16-23-13-11-22(2)12-14-23/h3-5,8-9,17,19H,6-7,10-16H2,1-2H3,(H,21,25)/t17-,19-/m0/s1. The predicted molar refractivity (Wildman–Crippen MR) is 102 cm³/mol. The van der Waals surface area contributed by atoms with Gasteiger partial charge in [-0.3, -0.25) is 4.90 Å². The number of nitrogens with one attached hydrogen (secondary N) is 1. The Hall–Kier alpha value is -1.59. The molecule has 2 amide bonds. The molecule has 1 N–H and O–H groups in total. The lowest BCUT2D eigenvalue weighted by Gasteiger charge is -2.36. The first-order valence-corrected chi connectivity index (χ1v) is 9.63. The maximum Gasteiger partial charge on any atom is 0.317 e. The molecule has 0 aromatic heterocycles. The molecule has 2 fully saturated rings. The molecule has 138 valence electrons. The van der Waals surface area contributed by atoms with Crippen molar-refractivity contribution >= 4 is 6.03 Å². The SMILES string of the molecule is C[C@H]1CCCN(C(=O)N[C@@H](CN2CCN(C)CC2)c2ccccc2)C1. The first-order valence-electron chi connectivity index (χ1n) is 9.63. The first kappa shape index (κ1) is 18.2. The number of carbonyl (C=O) groups excluding carboxylic acids is 1. The van der Waals surface area contributed by atoms with Crippen LogP contribution in [-0.4, -0.2) is 73.6 Å². The van der Waals surface area contributed by atoms with E-state index in [-0.39, 0.29) is 12.1 Å². The highest BCUT2D eigenvalue weighted by atomic mass is 16.2. The third-order valence-electron chi connectivity index (χ3n) is 5.48. The molecular formula is C20H32N4O. The second-order valence-electron chi connectivity index (χ2n) is 7.71. The summed E-state index contributed by atoms with van der Waals surface area (Å²) in [4.78, 5) is 19.6. The average molecular weight is 345 g/mol. The minimum Gasteiger partial charge on any atom is -0.330 e. The van der Waals surface area contributed by atoms with Crippen LogP contribution in [-0.2, 0) is 0 Å². The Balaban J connectivity index is 1.65. The highest BCUT2D eigenvalue weighted by Gasteiger charge is 2.25. The third-order valence-corrected chi connectivity index (χ3v) is 5.48. The maximum atomic E-state index is 12.8. The van der Waals surface area contributed by atoms with Gasteiger partial charge >= 0.3 is 6.03 Å². The van der Waals surface area contributed by atoms with E-state index in [0.29, 0.717) is 5.92 Å². The van der Waals surface area contributed by atoms with Crippen LogP contribution in [0.3, 0.4) is 0 Å². The molecule has 0 radical (unpaired) electrons. The smallest absolute Gasteiger partial charge is 0.317 e. The van der Waals surface area contributed by atoms with Gasteiger partial charge < -0.3 is 15.1 Å². The summed E-state index contributed by atoms with van der Waals surface area (Å²) in [6.07, 6.45) is 2.34. The number of urea groups is 1. The molecule has 2 heterocycles. The molecular weight excluding hydrogens is 312 g/mol. The van der Waals surface area contributed by atoms with E-state index in [0.717, 1.165) is 52.2 Å². The summed E-state index contributed by atoms with van der Waals surface area (Å²) in [5.74, 6) is 0.604. The second-order valence-corrected chi connectivity index (χ2v) is 7.71. The lowest BCUT2D eigenvalue weighted by Crippen LogP contribution is -2.50. The van der Waals surface area contributed by atoms with E-state index >= 15 is 0 Å². The molecule has 2 atom stereocenters. The molecule has 5 nitrogen and oxygen atoms in total. The topological polar surface area (TPSA) is 38.8 Å². The third kappa shape index (κ3) is 5.19. The van der Waals surface area contributed by atoms with Crippen LogP contribution in [0.15, 0.2) is 30.3 Å². The van der Waals surface area contributed by atoms with Crippen molar-refractivity contribution in [3.05, 3.63) is 35.9 Å². The number of hydrogen-bond donors (Lipinski definition) is 1. The quantitative estimate of drug-likeness (QED) is 0.912. The van der Waals surface area contributed by atoms with Gasteiger partial charge in [0.25, 0.3) is 0 Å². The van der Waals surface area contributed by atoms with Crippen LogP contribution in [0.1, 0.15) is 31.4 Å². The van der Waals surface area contributed by atoms with Crippen molar-refractivity contribution in [2.24, 2.45) is 5.92 Å². The molecule has 3 rings (SSSR count). The van der Waals surface area contributed by atoms with Gasteiger partial charge in [-0.25, -0.2) is 4.79 Å². The van der Waals surface area contributed by atoms with Crippen molar-refractivity contribution in [2.75, 3.05) is 52.9 Å². The number of rotatable bonds is 4. The molecule has 0 saturated carbocycles. The Labute approximate surface area is 152 Å². The van der Waals surface area contributed by atoms with Crippen molar-refractivity contribution in [1.82, 2.24) is 20.0 Å². The van der Waals surface area contributed by atoms with Crippen LogP contribution in [0.4, 0.5) is 4.79 Å². The number of likely N-dealkylation sites (tertiary alicyclic amines) is 1. The summed E-state index contributed by atoms with van der Waals surface area (Å²) in [6, 6.07) is 10.5. The van der Waals surface area contributed by atoms with E-state index in [2.05, 4.69) is 53.4 Å². The number of hydrogen-bond acceptors (Lipinski definition) is 3. The largest absolute Gasteiger partial charge is 0.330 e. The van der Waals surface area contributed by atoms with Crippen LogP contribution in [0, 0.1) is 5.92 Å². The summed E-state index contributed by atoms with van der Waals surface area (Å²) >= 11 is 0. The van der Waals surface area contributed by atoms with Gasteiger partial charge in [0.1, 0.15) is 0 Å². The molecule has 0 spiro atoms. The molecule has 5 heteroatoms. The van der Waals surface area contributed by atoms with E-state index < -0.39 is 0 Å². The van der Waals surface area contributed by atoms with Gasteiger partial charge in [0.05, 0.1) is 6.04 Å². The zero-order chi connectivity index (χ0) is 17.6. The van der Waals surface area contributed by atoms with Gasteiger partial charge in [-0.05, 0) is 31.4 Å². The van der Waals surface area contributed by atoms with Crippen LogP contribution in [0.25, 0.3) is 0 Å². The van der Waals surface area contributed by atoms with E-state index in [4.69, 9.17) is 0 Å². The Morgan fingerprint density at radius 3 is 2.56 bits per heavy atom.